The molecular weight excluding hydrogens is 236 g/mol. The normalized spacial score (nSPS) is 15.0. The first-order valence-electron chi connectivity index (χ1n) is 5.81. The van der Waals surface area contributed by atoms with E-state index < -0.39 is 4.92 Å². The molecule has 18 heavy (non-hydrogen) atoms. The largest absolute Gasteiger partial charge is 0.354 e. The number of nitrogens with zero attached hydrogens (tertiary/aromatic N) is 4. The molecule has 0 spiro atoms. The third-order valence-electron chi connectivity index (χ3n) is 3.19. The van der Waals surface area contributed by atoms with Gasteiger partial charge in [0.1, 0.15) is 6.20 Å². The zero-order valence-electron chi connectivity index (χ0n) is 10.2. The summed E-state index contributed by atoms with van der Waals surface area (Å²) < 4.78 is 0. The van der Waals surface area contributed by atoms with Gasteiger partial charge in [-0.1, -0.05) is 6.42 Å². The van der Waals surface area contributed by atoms with Crippen molar-refractivity contribution in [1.82, 2.24) is 9.97 Å². The van der Waals surface area contributed by atoms with Crippen molar-refractivity contribution >= 4 is 17.5 Å². The molecule has 1 saturated carbocycles. The number of nitrogens with two attached hydrogens (primary N) is 1. The maximum absolute atomic E-state index is 10.9. The monoisotopic (exact) mass is 252 g/mol. The van der Waals surface area contributed by atoms with E-state index in [0.717, 1.165) is 6.54 Å². The Hall–Kier alpha value is -1.96. The average molecular weight is 252 g/mol. The van der Waals surface area contributed by atoms with Gasteiger partial charge in [0.25, 0.3) is 0 Å². The molecule has 0 amide bonds. The second-order valence-electron chi connectivity index (χ2n) is 4.48. The summed E-state index contributed by atoms with van der Waals surface area (Å²) >= 11 is 0. The van der Waals surface area contributed by atoms with E-state index in [1.54, 1.807) is 11.9 Å². The summed E-state index contributed by atoms with van der Waals surface area (Å²) in [6, 6.07) is 0. The van der Waals surface area contributed by atoms with Crippen LogP contribution in [0.4, 0.5) is 17.5 Å². The molecular formula is C10H16N6O2. The SMILES string of the molecule is CN(CC1CCC1)c1nc(NN)ncc1[N+](=O)[O-]. The first-order valence-corrected chi connectivity index (χ1v) is 5.81. The van der Waals surface area contributed by atoms with Gasteiger partial charge in [-0.3, -0.25) is 15.5 Å². The van der Waals surface area contributed by atoms with Crippen LogP contribution in [-0.4, -0.2) is 28.5 Å². The van der Waals surface area contributed by atoms with Gasteiger partial charge in [-0.15, -0.1) is 0 Å². The van der Waals surface area contributed by atoms with Gasteiger partial charge in [0, 0.05) is 13.6 Å². The van der Waals surface area contributed by atoms with Crippen LogP contribution >= 0.6 is 0 Å². The quantitative estimate of drug-likeness (QED) is 0.455. The van der Waals surface area contributed by atoms with E-state index in [4.69, 9.17) is 5.84 Å². The fraction of sp³-hybridized carbons (Fsp3) is 0.600. The highest BCUT2D eigenvalue weighted by molar-refractivity contribution is 5.58. The standard InChI is InChI=1S/C10H16N6O2/c1-15(6-7-3-2-4-7)9-8(16(17)18)5-12-10(13-9)14-11/h5,7H,2-4,6,11H2,1H3,(H,12,13,14). The summed E-state index contributed by atoms with van der Waals surface area (Å²) in [5.74, 6) is 6.29. The van der Waals surface area contributed by atoms with Gasteiger partial charge in [-0.2, -0.15) is 4.98 Å². The Bertz CT molecular complexity index is 448. The lowest BCUT2D eigenvalue weighted by atomic mass is 9.85. The first-order chi connectivity index (χ1) is 8.61. The van der Waals surface area contributed by atoms with Crippen LogP contribution in [0.25, 0.3) is 0 Å². The summed E-state index contributed by atoms with van der Waals surface area (Å²) in [5.41, 5.74) is 2.20. The predicted octanol–water partition coefficient (Wildman–Crippen LogP) is 0.907. The van der Waals surface area contributed by atoms with Gasteiger partial charge in [0.2, 0.25) is 11.8 Å². The summed E-state index contributed by atoms with van der Waals surface area (Å²) in [5, 5.41) is 10.9. The van der Waals surface area contributed by atoms with Crippen LogP contribution < -0.4 is 16.2 Å². The Balaban J connectivity index is 2.23. The minimum Gasteiger partial charge on any atom is -0.354 e. The Morgan fingerprint density at radius 1 is 1.67 bits per heavy atom. The zero-order chi connectivity index (χ0) is 13.1. The molecule has 2 rings (SSSR count). The minimum atomic E-state index is -0.479. The van der Waals surface area contributed by atoms with E-state index in [1.807, 2.05) is 0 Å². The molecule has 1 aromatic heterocycles. The number of rotatable bonds is 5. The van der Waals surface area contributed by atoms with Crippen molar-refractivity contribution in [3.05, 3.63) is 16.3 Å². The number of hydrogen-bond donors (Lipinski definition) is 2. The molecule has 98 valence electrons. The molecule has 0 radical (unpaired) electrons. The van der Waals surface area contributed by atoms with Crippen LogP contribution in [0.15, 0.2) is 6.20 Å². The number of aromatic nitrogens is 2. The maximum atomic E-state index is 10.9. The molecule has 8 nitrogen and oxygen atoms in total. The number of nitro groups is 1. The summed E-state index contributed by atoms with van der Waals surface area (Å²) in [6.07, 6.45) is 4.76. The molecule has 0 saturated heterocycles. The average Bonchev–Trinajstić information content (AvgIpc) is 2.32. The van der Waals surface area contributed by atoms with Crippen molar-refractivity contribution < 1.29 is 4.92 Å². The van der Waals surface area contributed by atoms with Crippen molar-refractivity contribution in [2.45, 2.75) is 19.3 Å². The number of anilines is 2. The van der Waals surface area contributed by atoms with Crippen LogP contribution in [0.2, 0.25) is 0 Å². The highest BCUT2D eigenvalue weighted by Gasteiger charge is 2.25. The van der Waals surface area contributed by atoms with E-state index in [-0.39, 0.29) is 11.6 Å². The van der Waals surface area contributed by atoms with Gasteiger partial charge in [-0.05, 0) is 18.8 Å². The zero-order valence-corrected chi connectivity index (χ0v) is 10.2. The van der Waals surface area contributed by atoms with Crippen molar-refractivity contribution in [3.63, 3.8) is 0 Å². The highest BCUT2D eigenvalue weighted by atomic mass is 16.6. The van der Waals surface area contributed by atoms with Crippen molar-refractivity contribution in [2.75, 3.05) is 23.9 Å². The van der Waals surface area contributed by atoms with Crippen molar-refractivity contribution in [1.29, 1.82) is 0 Å². The van der Waals surface area contributed by atoms with E-state index in [0.29, 0.717) is 11.7 Å². The Kier molecular flexibility index (Phi) is 3.56. The van der Waals surface area contributed by atoms with E-state index >= 15 is 0 Å². The van der Waals surface area contributed by atoms with E-state index in [9.17, 15) is 10.1 Å². The van der Waals surface area contributed by atoms with E-state index in [2.05, 4.69) is 15.4 Å². The molecule has 0 bridgehead atoms. The van der Waals surface area contributed by atoms with Crippen LogP contribution in [0.3, 0.4) is 0 Å². The molecule has 0 aliphatic heterocycles. The second kappa shape index (κ2) is 5.13. The lowest BCUT2D eigenvalue weighted by Gasteiger charge is -2.30. The molecule has 0 aromatic carbocycles. The molecule has 0 unspecified atom stereocenters. The fourth-order valence-electron chi connectivity index (χ4n) is 1.99. The first kappa shape index (κ1) is 12.5. The van der Waals surface area contributed by atoms with Gasteiger partial charge in [0.15, 0.2) is 0 Å². The molecule has 1 aromatic rings. The molecule has 3 N–H and O–H groups in total. The fourth-order valence-corrected chi connectivity index (χ4v) is 1.99. The third-order valence-corrected chi connectivity index (χ3v) is 3.19. The smallest absolute Gasteiger partial charge is 0.329 e. The lowest BCUT2D eigenvalue weighted by molar-refractivity contribution is -0.384. The molecule has 8 heteroatoms. The molecule has 1 aliphatic rings. The van der Waals surface area contributed by atoms with Gasteiger partial charge < -0.3 is 4.90 Å². The molecule has 1 fully saturated rings. The number of nitrogen functional groups attached to an aromatic ring is 1. The van der Waals surface area contributed by atoms with Crippen LogP contribution in [0, 0.1) is 16.0 Å². The van der Waals surface area contributed by atoms with Crippen molar-refractivity contribution in [3.8, 4) is 0 Å². The lowest BCUT2D eigenvalue weighted by Crippen LogP contribution is -2.30. The predicted molar refractivity (Wildman–Crippen MR) is 67.1 cm³/mol. The molecule has 0 atom stereocenters. The molecule has 1 aliphatic carbocycles. The minimum absolute atomic E-state index is 0.101. The maximum Gasteiger partial charge on any atom is 0.329 e. The second-order valence-corrected chi connectivity index (χ2v) is 4.48. The Morgan fingerprint density at radius 2 is 2.39 bits per heavy atom. The van der Waals surface area contributed by atoms with Crippen molar-refractivity contribution in [2.24, 2.45) is 11.8 Å². The Morgan fingerprint density at radius 3 is 2.89 bits per heavy atom. The van der Waals surface area contributed by atoms with Crippen LogP contribution in [0.5, 0.6) is 0 Å². The summed E-state index contributed by atoms with van der Waals surface area (Å²) in [4.78, 5) is 20.1. The highest BCUT2D eigenvalue weighted by Crippen LogP contribution is 2.31. The molecule has 1 heterocycles. The van der Waals surface area contributed by atoms with Gasteiger partial charge in [-0.25, -0.2) is 10.8 Å². The van der Waals surface area contributed by atoms with Gasteiger partial charge >= 0.3 is 5.69 Å². The van der Waals surface area contributed by atoms with Crippen LogP contribution in [0.1, 0.15) is 19.3 Å². The number of hydrogen-bond acceptors (Lipinski definition) is 7. The topological polar surface area (TPSA) is 110 Å². The summed E-state index contributed by atoms with van der Waals surface area (Å²) in [6.45, 7) is 0.766. The Labute approximate surface area is 104 Å². The van der Waals surface area contributed by atoms with E-state index in [1.165, 1.54) is 25.5 Å². The van der Waals surface area contributed by atoms with Crippen LogP contribution in [-0.2, 0) is 0 Å². The van der Waals surface area contributed by atoms with Gasteiger partial charge in [0.05, 0.1) is 4.92 Å². The number of nitrogens with one attached hydrogen (secondary N) is 1. The number of hydrazine groups is 1. The third kappa shape index (κ3) is 2.48. The summed E-state index contributed by atoms with van der Waals surface area (Å²) in [7, 11) is 1.80.